The molecule has 0 N–H and O–H groups in total. The summed E-state index contributed by atoms with van der Waals surface area (Å²) < 4.78 is 9.54. The third-order valence-corrected chi connectivity index (χ3v) is 5.44. The molecule has 3 rings (SSSR count). The summed E-state index contributed by atoms with van der Waals surface area (Å²) in [6.07, 6.45) is 10.4. The fourth-order valence-corrected chi connectivity index (χ4v) is 4.41. The van der Waals surface area contributed by atoms with E-state index in [1.165, 1.54) is 11.1 Å². The Morgan fingerprint density at radius 1 is 0.968 bits per heavy atom. The van der Waals surface area contributed by atoms with Crippen LogP contribution in [0, 0.1) is 53.9 Å². The van der Waals surface area contributed by atoms with Gasteiger partial charge in [-0.25, -0.2) is 9.36 Å². The molecule has 4 heteroatoms. The topological polar surface area (TPSA) is 35.1 Å². The average Bonchev–Trinajstić information content (AvgIpc) is 3.08. The summed E-state index contributed by atoms with van der Waals surface area (Å²) in [5.41, 5.74) is 9.53. The largest absolute Gasteiger partial charge is 0.459 e. The van der Waals surface area contributed by atoms with Gasteiger partial charge in [-0.15, -0.1) is 12.3 Å². The molecule has 2 aromatic carbocycles. The Bertz CT molecular complexity index is 1130. The van der Waals surface area contributed by atoms with Gasteiger partial charge in [0.2, 0.25) is 0 Å². The molecule has 0 saturated carbocycles. The van der Waals surface area contributed by atoms with Crippen LogP contribution in [0.4, 0.5) is 0 Å². The van der Waals surface area contributed by atoms with Crippen molar-refractivity contribution in [1.82, 2.24) is 4.57 Å². The number of terminal acetylenes is 1. The number of imidazole rings is 1. The van der Waals surface area contributed by atoms with Gasteiger partial charge in [0.15, 0.2) is 6.20 Å². The van der Waals surface area contributed by atoms with Gasteiger partial charge in [0.05, 0.1) is 6.61 Å². The Hall–Kier alpha value is -3.32. The van der Waals surface area contributed by atoms with Crippen LogP contribution in [0.25, 0.3) is 11.4 Å². The van der Waals surface area contributed by atoms with E-state index in [0.29, 0.717) is 25.1 Å². The van der Waals surface area contributed by atoms with Crippen molar-refractivity contribution in [2.45, 2.75) is 54.4 Å². The van der Waals surface area contributed by atoms with Crippen molar-refractivity contribution in [3.8, 4) is 23.7 Å². The number of carbonyl (C=O) groups excluding carboxylic acids is 1. The predicted octanol–water partition coefficient (Wildman–Crippen LogP) is 5.17. The summed E-state index contributed by atoms with van der Waals surface area (Å²) in [6.45, 7) is 12.8. The summed E-state index contributed by atoms with van der Waals surface area (Å²) in [5.74, 6) is 2.23. The molecule has 0 bridgehead atoms. The van der Waals surface area contributed by atoms with Crippen LogP contribution >= 0.6 is 0 Å². The second-order valence-electron chi connectivity index (χ2n) is 8.35. The fraction of sp³-hybridized carbons (Fsp3) is 0.333. The molecule has 0 aliphatic carbocycles. The summed E-state index contributed by atoms with van der Waals surface area (Å²) in [7, 11) is 0. The van der Waals surface area contributed by atoms with Crippen molar-refractivity contribution >= 4 is 5.97 Å². The van der Waals surface area contributed by atoms with Gasteiger partial charge in [0, 0.05) is 6.42 Å². The van der Waals surface area contributed by atoms with Crippen molar-refractivity contribution in [3.05, 3.63) is 75.9 Å². The number of hydrogen-bond acceptors (Lipinski definition) is 2. The zero-order chi connectivity index (χ0) is 22.7. The van der Waals surface area contributed by atoms with E-state index in [1.54, 1.807) is 0 Å². The minimum Gasteiger partial charge on any atom is -0.459 e. The smallest absolute Gasteiger partial charge is 0.382 e. The van der Waals surface area contributed by atoms with Gasteiger partial charge in [-0.05, 0) is 70.2 Å². The molecule has 0 radical (unpaired) electrons. The van der Waals surface area contributed by atoms with Crippen LogP contribution in [0.15, 0.2) is 36.8 Å². The van der Waals surface area contributed by atoms with Gasteiger partial charge in [0.1, 0.15) is 11.4 Å². The third kappa shape index (κ3) is 4.72. The molecular formula is C27H31N2O2+. The molecule has 0 aliphatic rings. The van der Waals surface area contributed by atoms with Gasteiger partial charge in [-0.1, -0.05) is 35.4 Å². The lowest BCUT2D eigenvalue weighted by Gasteiger charge is -2.10. The average molecular weight is 416 g/mol. The molecule has 0 fully saturated rings. The quantitative estimate of drug-likeness (QED) is 0.241. The van der Waals surface area contributed by atoms with Crippen LogP contribution in [0.1, 0.15) is 56.7 Å². The van der Waals surface area contributed by atoms with Gasteiger partial charge >= 0.3 is 5.97 Å². The van der Waals surface area contributed by atoms with Crippen molar-refractivity contribution in [2.75, 3.05) is 6.61 Å². The number of rotatable bonds is 6. The van der Waals surface area contributed by atoms with Crippen LogP contribution < -0.4 is 4.57 Å². The van der Waals surface area contributed by atoms with Crippen molar-refractivity contribution in [3.63, 3.8) is 0 Å². The number of nitrogens with zero attached hydrogens (tertiary/aromatic N) is 2. The van der Waals surface area contributed by atoms with Gasteiger partial charge < -0.3 is 4.74 Å². The highest BCUT2D eigenvalue weighted by Gasteiger charge is 2.27. The highest BCUT2D eigenvalue weighted by molar-refractivity contribution is 5.88. The standard InChI is InChI=1S/C27H31N2O2/c1-8-9-10-11-31-27(30)24-16-28(25-20(4)12-18(2)13-21(25)5)17-29(24)26-22(6)14-19(3)15-23(26)7/h1,12-17H,9-11H2,2-7H3/q+1. The number of unbranched alkanes of at least 4 members (excludes halogenated alkanes) is 1. The first-order chi connectivity index (χ1) is 14.7. The minimum atomic E-state index is -0.349. The summed E-state index contributed by atoms with van der Waals surface area (Å²) >= 11 is 0. The zero-order valence-corrected chi connectivity index (χ0v) is 19.4. The molecule has 3 aromatic rings. The van der Waals surface area contributed by atoms with E-state index in [-0.39, 0.29) is 5.97 Å². The van der Waals surface area contributed by atoms with E-state index in [9.17, 15) is 4.79 Å². The molecule has 0 amide bonds. The maximum atomic E-state index is 13.1. The van der Waals surface area contributed by atoms with Crippen LogP contribution in [0.2, 0.25) is 0 Å². The van der Waals surface area contributed by atoms with E-state index < -0.39 is 0 Å². The molecule has 1 aromatic heterocycles. The molecule has 0 saturated heterocycles. The van der Waals surface area contributed by atoms with Gasteiger partial charge in [-0.2, -0.15) is 4.57 Å². The van der Waals surface area contributed by atoms with Gasteiger partial charge in [0.25, 0.3) is 12.0 Å². The fourth-order valence-electron chi connectivity index (χ4n) is 4.41. The molecule has 0 aliphatic heterocycles. The number of benzene rings is 2. The molecule has 1 heterocycles. The van der Waals surface area contributed by atoms with E-state index in [1.807, 2.05) is 21.7 Å². The Morgan fingerprint density at radius 3 is 2.06 bits per heavy atom. The van der Waals surface area contributed by atoms with Crippen LogP contribution in [-0.4, -0.2) is 17.1 Å². The molecular weight excluding hydrogens is 384 g/mol. The van der Waals surface area contributed by atoms with E-state index in [0.717, 1.165) is 33.6 Å². The van der Waals surface area contributed by atoms with E-state index in [2.05, 4.69) is 71.7 Å². The molecule has 0 spiro atoms. The minimum absolute atomic E-state index is 0.308. The summed E-state index contributed by atoms with van der Waals surface area (Å²) in [5, 5.41) is 0. The van der Waals surface area contributed by atoms with Crippen molar-refractivity contribution in [2.24, 2.45) is 0 Å². The van der Waals surface area contributed by atoms with E-state index >= 15 is 0 Å². The predicted molar refractivity (Wildman–Crippen MR) is 124 cm³/mol. The third-order valence-electron chi connectivity index (χ3n) is 5.44. The van der Waals surface area contributed by atoms with Crippen LogP contribution in [0.5, 0.6) is 0 Å². The molecule has 4 nitrogen and oxygen atoms in total. The van der Waals surface area contributed by atoms with E-state index in [4.69, 9.17) is 11.2 Å². The zero-order valence-electron chi connectivity index (χ0n) is 19.4. The van der Waals surface area contributed by atoms with Crippen molar-refractivity contribution in [1.29, 1.82) is 0 Å². The lowest BCUT2D eigenvalue weighted by molar-refractivity contribution is -0.595. The summed E-state index contributed by atoms with van der Waals surface area (Å²) in [6, 6.07) is 8.59. The number of hydrogen-bond donors (Lipinski definition) is 0. The molecule has 31 heavy (non-hydrogen) atoms. The highest BCUT2D eigenvalue weighted by atomic mass is 16.5. The first-order valence-corrected chi connectivity index (χ1v) is 10.6. The monoisotopic (exact) mass is 415 g/mol. The maximum absolute atomic E-state index is 13.1. The Morgan fingerprint density at radius 2 is 1.52 bits per heavy atom. The SMILES string of the molecule is C#CCCCOC(=O)c1c[n+](-c2c(C)cc(C)cc2C)cn1-c1c(C)cc(C)cc1C. The normalized spacial score (nSPS) is 10.7. The van der Waals surface area contributed by atoms with Crippen LogP contribution in [0.3, 0.4) is 0 Å². The summed E-state index contributed by atoms with van der Waals surface area (Å²) in [4.78, 5) is 13.1. The number of esters is 1. The molecule has 0 unspecified atom stereocenters. The Kier molecular flexibility index (Phi) is 6.65. The van der Waals surface area contributed by atoms with Gasteiger partial charge in [-0.3, -0.25) is 0 Å². The highest BCUT2D eigenvalue weighted by Crippen LogP contribution is 2.24. The van der Waals surface area contributed by atoms with Crippen molar-refractivity contribution < 1.29 is 14.1 Å². The number of aryl methyl sites for hydroxylation is 6. The maximum Gasteiger partial charge on any atom is 0.382 e. The number of ether oxygens (including phenoxy) is 1. The second kappa shape index (κ2) is 9.22. The second-order valence-corrected chi connectivity index (χ2v) is 8.35. The molecule has 0 atom stereocenters. The lowest BCUT2D eigenvalue weighted by atomic mass is 10.0. The Labute approximate surface area is 185 Å². The molecule has 160 valence electrons. The first kappa shape index (κ1) is 22.4. The lowest BCUT2D eigenvalue weighted by Crippen LogP contribution is -2.30. The van der Waals surface area contributed by atoms with Crippen LogP contribution in [-0.2, 0) is 4.74 Å². The first-order valence-electron chi connectivity index (χ1n) is 10.6. The Balaban J connectivity index is 2.16. The number of carbonyl (C=O) groups is 1. The number of aromatic nitrogens is 2.